The fourth-order valence-corrected chi connectivity index (χ4v) is 3.83. The maximum atomic E-state index is 12.4. The first kappa shape index (κ1) is 16.9. The fourth-order valence-electron chi connectivity index (χ4n) is 3.66. The molecule has 0 aliphatic carbocycles. The van der Waals surface area contributed by atoms with Crippen molar-refractivity contribution < 1.29 is 9.53 Å². The number of benzene rings is 1. The zero-order chi connectivity index (χ0) is 16.6. The Morgan fingerprint density at radius 3 is 2.61 bits per heavy atom. The van der Waals surface area contributed by atoms with Crippen molar-refractivity contribution in [1.82, 2.24) is 4.90 Å². The monoisotopic (exact) mass is 373 g/mol. The highest BCUT2D eigenvalue weighted by Crippen LogP contribution is 2.46. The summed E-state index contributed by atoms with van der Waals surface area (Å²) in [7, 11) is 0. The molecule has 2 aliphatic rings. The van der Waals surface area contributed by atoms with Crippen LogP contribution in [0.3, 0.4) is 0 Å². The van der Waals surface area contributed by atoms with Gasteiger partial charge in [0.25, 0.3) is 0 Å². The number of amides is 1. The number of hydrogen-bond acceptors (Lipinski definition) is 2. The first-order valence-electron chi connectivity index (χ1n) is 7.62. The number of nitrogens with zero attached hydrogens (tertiary/aromatic N) is 1. The molecule has 3 unspecified atom stereocenters. The minimum absolute atomic E-state index is 0.00170. The Bertz CT molecular complexity index is 600. The minimum Gasteiger partial charge on any atom is -0.445 e. The summed E-state index contributed by atoms with van der Waals surface area (Å²) in [5.74, 6) is 0.283. The molecule has 1 aromatic rings. The molecule has 3 atom stereocenters. The largest absolute Gasteiger partial charge is 0.445 e. The van der Waals surface area contributed by atoms with Crippen LogP contribution >= 0.6 is 34.8 Å². The van der Waals surface area contributed by atoms with E-state index in [4.69, 9.17) is 39.5 Å². The van der Waals surface area contributed by atoms with Crippen LogP contribution in [0, 0.1) is 0 Å². The number of halogens is 3. The average Bonchev–Trinajstić information content (AvgIpc) is 2.86. The molecule has 2 saturated heterocycles. The third-order valence-corrected chi connectivity index (χ3v) is 4.99. The molecule has 3 nitrogen and oxygen atoms in total. The molecule has 3 rings (SSSR count). The fraction of sp³-hybridized carbons (Fsp3) is 0.471. The van der Waals surface area contributed by atoms with E-state index < -0.39 is 9.89 Å². The van der Waals surface area contributed by atoms with Crippen LogP contribution in [0.4, 0.5) is 4.79 Å². The summed E-state index contributed by atoms with van der Waals surface area (Å²) in [5, 5.41) is 0. The molecule has 6 heteroatoms. The van der Waals surface area contributed by atoms with E-state index >= 15 is 0 Å². The van der Waals surface area contributed by atoms with Crippen LogP contribution in [0.5, 0.6) is 0 Å². The number of fused-ring (bicyclic) bond motifs is 2. The third-order valence-electron chi connectivity index (χ3n) is 4.66. The topological polar surface area (TPSA) is 29.5 Å². The molecule has 0 N–H and O–H groups in total. The van der Waals surface area contributed by atoms with Crippen LogP contribution in [-0.2, 0) is 4.74 Å². The Morgan fingerprint density at radius 1 is 1.26 bits per heavy atom. The van der Waals surface area contributed by atoms with E-state index in [9.17, 15) is 4.79 Å². The first-order valence-corrected chi connectivity index (χ1v) is 8.75. The number of carbonyl (C=O) groups excluding carboxylic acids is 1. The number of alkyl halides is 3. The lowest BCUT2D eigenvalue weighted by atomic mass is 9.82. The lowest BCUT2D eigenvalue weighted by Gasteiger charge is -2.40. The van der Waals surface area contributed by atoms with Gasteiger partial charge in [0.2, 0.25) is 3.79 Å². The first-order chi connectivity index (χ1) is 10.9. The summed E-state index contributed by atoms with van der Waals surface area (Å²) >= 11 is 17.0. The van der Waals surface area contributed by atoms with E-state index in [2.05, 4.69) is 18.7 Å². The Hall–Kier alpha value is -0.900. The van der Waals surface area contributed by atoms with Gasteiger partial charge in [0.1, 0.15) is 6.61 Å². The molecule has 0 spiro atoms. The van der Waals surface area contributed by atoms with Gasteiger partial charge in [0.05, 0.1) is 6.04 Å². The molecule has 2 bridgehead atoms. The SMILES string of the molecule is C=C1C(c2ccccc2)CC2CCC1N2C(=O)OCC(Cl)(Cl)Cl. The molecule has 2 fully saturated rings. The number of ether oxygens (including phenoxy) is 1. The van der Waals surface area contributed by atoms with Crippen molar-refractivity contribution >= 4 is 40.9 Å². The second-order valence-corrected chi connectivity index (χ2v) is 8.61. The van der Waals surface area contributed by atoms with Gasteiger partial charge in [-0.25, -0.2) is 4.79 Å². The van der Waals surface area contributed by atoms with E-state index in [1.165, 1.54) is 5.56 Å². The van der Waals surface area contributed by atoms with Crippen molar-refractivity contribution in [1.29, 1.82) is 0 Å². The smallest absolute Gasteiger partial charge is 0.410 e. The van der Waals surface area contributed by atoms with Gasteiger partial charge in [-0.2, -0.15) is 0 Å². The van der Waals surface area contributed by atoms with E-state index in [0.29, 0.717) is 0 Å². The molecule has 0 radical (unpaired) electrons. The predicted molar refractivity (Wildman–Crippen MR) is 93.2 cm³/mol. The molecule has 23 heavy (non-hydrogen) atoms. The summed E-state index contributed by atoms with van der Waals surface area (Å²) in [6, 6.07) is 10.5. The molecule has 124 valence electrons. The van der Waals surface area contributed by atoms with E-state index in [1.54, 1.807) is 4.90 Å². The Balaban J connectivity index is 1.73. The van der Waals surface area contributed by atoms with Crippen molar-refractivity contribution in [2.75, 3.05) is 6.61 Å². The second-order valence-electron chi connectivity index (χ2n) is 6.10. The van der Waals surface area contributed by atoms with Crippen molar-refractivity contribution in [3.63, 3.8) is 0 Å². The Morgan fingerprint density at radius 2 is 1.96 bits per heavy atom. The van der Waals surface area contributed by atoms with Crippen LogP contribution in [0.2, 0.25) is 0 Å². The number of piperidine rings is 1. The minimum atomic E-state index is -1.59. The van der Waals surface area contributed by atoms with E-state index in [1.807, 2.05) is 18.2 Å². The van der Waals surface area contributed by atoms with E-state index in [0.717, 1.165) is 24.8 Å². The molecule has 1 amide bonds. The van der Waals surface area contributed by atoms with Crippen LogP contribution in [0.1, 0.15) is 30.7 Å². The van der Waals surface area contributed by atoms with Gasteiger partial charge in [-0.3, -0.25) is 4.90 Å². The highest BCUT2D eigenvalue weighted by atomic mass is 35.6. The van der Waals surface area contributed by atoms with Crippen molar-refractivity contribution in [2.24, 2.45) is 0 Å². The molecule has 1 aromatic carbocycles. The molecule has 0 aromatic heterocycles. The van der Waals surface area contributed by atoms with E-state index in [-0.39, 0.29) is 24.6 Å². The van der Waals surface area contributed by atoms with Crippen molar-refractivity contribution in [2.45, 2.75) is 41.1 Å². The Labute approximate surface area is 151 Å². The predicted octanol–water partition coefficient (Wildman–Crippen LogP) is 5.07. The summed E-state index contributed by atoms with van der Waals surface area (Å²) in [5.41, 5.74) is 2.32. The van der Waals surface area contributed by atoms with Crippen LogP contribution in [0.15, 0.2) is 42.5 Å². The normalized spacial score (nSPS) is 27.2. The number of hydrogen-bond donors (Lipinski definition) is 0. The number of carbonyl (C=O) groups is 1. The average molecular weight is 375 g/mol. The molecular formula is C17H18Cl3NO2. The standard InChI is InChI=1S/C17H18Cl3NO2/c1-11-14(12-5-3-2-4-6-12)9-13-7-8-15(11)21(13)16(22)23-10-17(18,19)20/h2-6,13-15H,1,7-10H2. The highest BCUT2D eigenvalue weighted by Gasteiger charge is 2.46. The van der Waals surface area contributed by atoms with Gasteiger partial charge >= 0.3 is 6.09 Å². The van der Waals surface area contributed by atoms with Crippen LogP contribution in [0.25, 0.3) is 0 Å². The summed E-state index contributed by atoms with van der Waals surface area (Å²) in [6.07, 6.45) is 2.31. The second kappa shape index (κ2) is 6.54. The molecule has 2 aliphatic heterocycles. The summed E-state index contributed by atoms with van der Waals surface area (Å²) in [6.45, 7) is 4.02. The molecular weight excluding hydrogens is 357 g/mol. The van der Waals surface area contributed by atoms with Gasteiger partial charge in [-0.15, -0.1) is 0 Å². The van der Waals surface area contributed by atoms with Crippen molar-refractivity contribution in [3.05, 3.63) is 48.0 Å². The van der Waals surface area contributed by atoms with Crippen LogP contribution < -0.4 is 0 Å². The maximum Gasteiger partial charge on any atom is 0.410 e. The van der Waals surface area contributed by atoms with Gasteiger partial charge in [-0.05, 0) is 30.4 Å². The van der Waals surface area contributed by atoms with Gasteiger partial charge in [-0.1, -0.05) is 71.7 Å². The lowest BCUT2D eigenvalue weighted by Crippen LogP contribution is -2.47. The van der Waals surface area contributed by atoms with Gasteiger partial charge in [0, 0.05) is 12.0 Å². The van der Waals surface area contributed by atoms with Crippen molar-refractivity contribution in [3.8, 4) is 0 Å². The van der Waals surface area contributed by atoms with Crippen LogP contribution in [-0.4, -0.2) is 33.5 Å². The number of rotatable bonds is 2. The van der Waals surface area contributed by atoms with Gasteiger partial charge in [0.15, 0.2) is 0 Å². The molecule has 2 heterocycles. The lowest BCUT2D eigenvalue weighted by molar-refractivity contribution is 0.0798. The quantitative estimate of drug-likeness (QED) is 0.534. The highest BCUT2D eigenvalue weighted by molar-refractivity contribution is 6.67. The zero-order valence-corrected chi connectivity index (χ0v) is 14.8. The van der Waals surface area contributed by atoms with Gasteiger partial charge < -0.3 is 4.74 Å². The summed E-state index contributed by atoms with van der Waals surface area (Å²) in [4.78, 5) is 14.2. The Kier molecular flexibility index (Phi) is 4.82. The summed E-state index contributed by atoms with van der Waals surface area (Å²) < 4.78 is 3.58. The zero-order valence-electron chi connectivity index (χ0n) is 12.6. The maximum absolute atomic E-state index is 12.4. The molecule has 0 saturated carbocycles. The third kappa shape index (κ3) is 3.62.